The Morgan fingerprint density at radius 3 is 2.53 bits per heavy atom. The molecule has 1 atom stereocenters. The van der Waals surface area contributed by atoms with Crippen LogP contribution in [0.4, 0.5) is 0 Å². The Balaban J connectivity index is 2.52. The molecule has 2 N–H and O–H groups in total. The molecule has 7 heteroatoms. The van der Waals surface area contributed by atoms with Crippen molar-refractivity contribution < 1.29 is 18.3 Å². The summed E-state index contributed by atoms with van der Waals surface area (Å²) in [6.07, 6.45) is 0. The summed E-state index contributed by atoms with van der Waals surface area (Å²) in [5.74, 6) is -1.22. The zero-order valence-corrected chi connectivity index (χ0v) is 11.3. The average Bonchev–Trinajstić information content (AvgIpc) is 2.58. The Hall–Kier alpha value is -1.89. The highest BCUT2D eigenvalue weighted by Gasteiger charge is 2.32. The molecule has 0 aliphatic carbocycles. The van der Waals surface area contributed by atoms with E-state index < -0.39 is 22.0 Å². The van der Waals surface area contributed by atoms with E-state index in [1.807, 2.05) is 0 Å². The number of sulfonamides is 1. The fourth-order valence-electron chi connectivity index (χ4n) is 1.86. The van der Waals surface area contributed by atoms with Crippen LogP contribution in [0.5, 0.6) is 0 Å². The van der Waals surface area contributed by atoms with E-state index in [9.17, 15) is 13.2 Å². The molecule has 0 saturated carbocycles. The largest absolute Gasteiger partial charge is 0.480 e. The van der Waals surface area contributed by atoms with E-state index in [1.54, 1.807) is 32.0 Å². The summed E-state index contributed by atoms with van der Waals surface area (Å²) in [6.45, 7) is 3.44. The monoisotopic (exact) mass is 282 g/mol. The molecule has 1 aromatic carbocycles. The lowest BCUT2D eigenvalue weighted by atomic mass is 10.1. The maximum Gasteiger partial charge on any atom is 0.328 e. The summed E-state index contributed by atoms with van der Waals surface area (Å²) in [7, 11) is -3.63. The Morgan fingerprint density at radius 2 is 1.95 bits per heavy atom. The second-order valence-electron chi connectivity index (χ2n) is 4.61. The van der Waals surface area contributed by atoms with E-state index >= 15 is 0 Å². The van der Waals surface area contributed by atoms with Crippen LogP contribution < -0.4 is 4.72 Å². The molecule has 19 heavy (non-hydrogen) atoms. The number of carboxylic acid groups (broad SMARTS) is 1. The van der Waals surface area contributed by atoms with Gasteiger partial charge < -0.3 is 5.11 Å². The van der Waals surface area contributed by atoms with Crippen LogP contribution in [0.1, 0.15) is 19.4 Å². The van der Waals surface area contributed by atoms with Gasteiger partial charge in [0.05, 0.1) is 4.90 Å². The lowest BCUT2D eigenvalue weighted by Crippen LogP contribution is -2.30. The number of amidine groups is 1. The van der Waals surface area contributed by atoms with E-state index in [4.69, 9.17) is 5.11 Å². The Labute approximate surface area is 111 Å². The second-order valence-corrected chi connectivity index (χ2v) is 6.26. The Bertz CT molecular complexity index is 649. The standard InChI is InChI=1S/C12H14N2O4S/c1-7(2)10(12(15)16)13-11-8-5-3-4-6-9(8)19(17,18)14-11/h3-7,10H,1-2H3,(H,13,14)(H,15,16)/t10-/m1/s1. The van der Waals surface area contributed by atoms with Gasteiger partial charge in [-0.3, -0.25) is 9.71 Å². The van der Waals surface area contributed by atoms with Crippen LogP contribution in [0.2, 0.25) is 0 Å². The molecule has 0 bridgehead atoms. The summed E-state index contributed by atoms with van der Waals surface area (Å²) >= 11 is 0. The van der Waals surface area contributed by atoms with Crippen LogP contribution in [0.15, 0.2) is 34.2 Å². The average molecular weight is 282 g/mol. The number of hydrogen-bond acceptors (Lipinski definition) is 4. The fraction of sp³-hybridized carbons (Fsp3) is 0.333. The van der Waals surface area contributed by atoms with Gasteiger partial charge in [-0.15, -0.1) is 0 Å². The summed E-state index contributed by atoms with van der Waals surface area (Å²) in [5, 5.41) is 9.10. The second kappa shape index (κ2) is 4.65. The first kappa shape index (κ1) is 13.5. The molecule has 1 aliphatic rings. The van der Waals surface area contributed by atoms with E-state index in [1.165, 1.54) is 6.07 Å². The van der Waals surface area contributed by atoms with Crippen molar-refractivity contribution in [2.24, 2.45) is 10.9 Å². The van der Waals surface area contributed by atoms with Crippen molar-refractivity contribution in [3.63, 3.8) is 0 Å². The minimum absolute atomic E-state index is 0.0942. The van der Waals surface area contributed by atoms with Crippen LogP contribution >= 0.6 is 0 Å². The number of hydrogen-bond donors (Lipinski definition) is 2. The van der Waals surface area contributed by atoms with Gasteiger partial charge in [0.15, 0.2) is 6.04 Å². The van der Waals surface area contributed by atoms with Gasteiger partial charge in [-0.05, 0) is 18.1 Å². The van der Waals surface area contributed by atoms with Gasteiger partial charge in [0.1, 0.15) is 5.84 Å². The highest BCUT2D eigenvalue weighted by atomic mass is 32.2. The number of nitrogens with zero attached hydrogens (tertiary/aromatic N) is 1. The van der Waals surface area contributed by atoms with Gasteiger partial charge in [-0.25, -0.2) is 13.2 Å². The van der Waals surface area contributed by atoms with Gasteiger partial charge in [0, 0.05) is 5.56 Å². The van der Waals surface area contributed by atoms with Crippen LogP contribution in [0.3, 0.4) is 0 Å². The SMILES string of the molecule is CC(C)[C@@H](N=C1NS(=O)(=O)c2ccccc21)C(=O)O. The zero-order valence-electron chi connectivity index (χ0n) is 10.5. The van der Waals surface area contributed by atoms with Gasteiger partial charge in [-0.1, -0.05) is 26.0 Å². The topological polar surface area (TPSA) is 95.8 Å². The zero-order chi connectivity index (χ0) is 14.2. The quantitative estimate of drug-likeness (QED) is 0.858. The summed E-state index contributed by atoms with van der Waals surface area (Å²) in [6, 6.07) is 5.38. The summed E-state index contributed by atoms with van der Waals surface area (Å²) in [5.41, 5.74) is 0.411. The van der Waals surface area contributed by atoms with E-state index in [0.29, 0.717) is 5.56 Å². The maximum absolute atomic E-state index is 11.8. The summed E-state index contributed by atoms with van der Waals surface area (Å²) < 4.78 is 26.0. The number of rotatable bonds is 3. The third-order valence-corrected chi connectivity index (χ3v) is 4.21. The van der Waals surface area contributed by atoms with Crippen LogP contribution in [0, 0.1) is 5.92 Å². The lowest BCUT2D eigenvalue weighted by molar-refractivity contribution is -0.139. The number of carboxylic acids is 1. The number of aliphatic carboxylic acids is 1. The molecule has 0 aromatic heterocycles. The molecule has 0 amide bonds. The third-order valence-electron chi connectivity index (χ3n) is 2.82. The van der Waals surface area contributed by atoms with Crippen LogP contribution in [-0.4, -0.2) is 31.4 Å². The Morgan fingerprint density at radius 1 is 1.32 bits per heavy atom. The first-order valence-corrected chi connectivity index (χ1v) is 7.24. The van der Waals surface area contributed by atoms with Crippen molar-refractivity contribution >= 4 is 21.8 Å². The number of aliphatic imine (C=N–C) groups is 1. The molecule has 1 aromatic rings. The normalized spacial score (nSPS) is 20.1. The first-order valence-electron chi connectivity index (χ1n) is 5.76. The van der Waals surface area contributed by atoms with E-state index in [-0.39, 0.29) is 16.6 Å². The number of carbonyl (C=O) groups is 1. The molecule has 0 spiro atoms. The molecule has 0 saturated heterocycles. The molecule has 6 nitrogen and oxygen atoms in total. The number of nitrogens with one attached hydrogen (secondary N) is 1. The molecule has 0 radical (unpaired) electrons. The first-order chi connectivity index (χ1) is 8.83. The molecule has 1 aliphatic heterocycles. The van der Waals surface area contributed by atoms with Crippen molar-refractivity contribution in [1.82, 2.24) is 4.72 Å². The molecular weight excluding hydrogens is 268 g/mol. The minimum atomic E-state index is -3.63. The molecule has 1 heterocycles. The van der Waals surface area contributed by atoms with Crippen molar-refractivity contribution in [2.75, 3.05) is 0 Å². The predicted molar refractivity (Wildman–Crippen MR) is 69.6 cm³/mol. The summed E-state index contributed by atoms with van der Waals surface area (Å²) in [4.78, 5) is 15.3. The van der Waals surface area contributed by atoms with Crippen LogP contribution in [0.25, 0.3) is 0 Å². The van der Waals surface area contributed by atoms with Crippen molar-refractivity contribution in [1.29, 1.82) is 0 Å². The van der Waals surface area contributed by atoms with Gasteiger partial charge in [0.25, 0.3) is 10.0 Å². The highest BCUT2D eigenvalue weighted by molar-refractivity contribution is 7.90. The lowest BCUT2D eigenvalue weighted by Gasteiger charge is -2.12. The fourth-order valence-corrected chi connectivity index (χ4v) is 3.10. The highest BCUT2D eigenvalue weighted by Crippen LogP contribution is 2.23. The molecule has 0 fully saturated rings. The Kier molecular flexibility index (Phi) is 3.32. The number of benzene rings is 1. The van der Waals surface area contributed by atoms with Crippen LogP contribution in [-0.2, 0) is 14.8 Å². The van der Waals surface area contributed by atoms with Gasteiger partial charge in [0.2, 0.25) is 0 Å². The molecule has 2 rings (SSSR count). The van der Waals surface area contributed by atoms with E-state index in [2.05, 4.69) is 9.71 Å². The van der Waals surface area contributed by atoms with Crippen molar-refractivity contribution in [3.8, 4) is 0 Å². The smallest absolute Gasteiger partial charge is 0.328 e. The van der Waals surface area contributed by atoms with Crippen molar-refractivity contribution in [2.45, 2.75) is 24.8 Å². The number of fused-ring (bicyclic) bond motifs is 1. The van der Waals surface area contributed by atoms with Gasteiger partial charge >= 0.3 is 5.97 Å². The predicted octanol–water partition coefficient (Wildman–Crippen LogP) is 0.834. The molecule has 0 unspecified atom stereocenters. The maximum atomic E-state index is 11.8. The molecule has 102 valence electrons. The van der Waals surface area contributed by atoms with Crippen molar-refractivity contribution in [3.05, 3.63) is 29.8 Å². The minimum Gasteiger partial charge on any atom is -0.480 e. The van der Waals surface area contributed by atoms with E-state index in [0.717, 1.165) is 0 Å². The molecular formula is C12H14N2O4S. The van der Waals surface area contributed by atoms with Gasteiger partial charge in [-0.2, -0.15) is 0 Å². The third kappa shape index (κ3) is 2.46.